The molecule has 0 aliphatic rings. The van der Waals surface area contributed by atoms with Gasteiger partial charge in [-0.05, 0) is 42.2 Å². The molecule has 3 nitrogen and oxygen atoms in total. The highest BCUT2D eigenvalue weighted by molar-refractivity contribution is 5.78. The summed E-state index contributed by atoms with van der Waals surface area (Å²) in [6, 6.07) is 6.20. The first-order chi connectivity index (χ1) is 9.76. The van der Waals surface area contributed by atoms with Crippen LogP contribution in [0.3, 0.4) is 0 Å². The summed E-state index contributed by atoms with van der Waals surface area (Å²) in [6.07, 6.45) is 10.9. The van der Waals surface area contributed by atoms with Crippen molar-refractivity contribution in [3.05, 3.63) is 72.5 Å². The minimum atomic E-state index is 0.949. The van der Waals surface area contributed by atoms with E-state index < -0.39 is 0 Å². The van der Waals surface area contributed by atoms with Gasteiger partial charge in [0.05, 0.1) is 11.9 Å². The summed E-state index contributed by atoms with van der Waals surface area (Å²) in [7, 11) is 2.05. The molecule has 0 radical (unpaired) electrons. The van der Waals surface area contributed by atoms with Crippen LogP contribution in [0.2, 0.25) is 0 Å². The van der Waals surface area contributed by atoms with Gasteiger partial charge in [-0.15, -0.1) is 0 Å². The maximum Gasteiger partial charge on any atom is 0.0592 e. The smallest absolute Gasteiger partial charge is 0.0592 e. The van der Waals surface area contributed by atoms with Gasteiger partial charge in [0, 0.05) is 31.3 Å². The minimum absolute atomic E-state index is 0.949. The Morgan fingerprint density at radius 3 is 2.85 bits per heavy atom. The maximum absolute atomic E-state index is 4.19. The molecule has 2 heterocycles. The second-order valence-electron chi connectivity index (χ2n) is 4.55. The van der Waals surface area contributed by atoms with E-state index in [1.165, 1.54) is 11.3 Å². The van der Waals surface area contributed by atoms with Crippen molar-refractivity contribution in [2.75, 3.05) is 0 Å². The molecule has 0 spiro atoms. The highest BCUT2D eigenvalue weighted by atomic mass is 15.0. The van der Waals surface area contributed by atoms with Crippen molar-refractivity contribution in [3.8, 4) is 0 Å². The molecule has 0 saturated carbocycles. The van der Waals surface area contributed by atoms with Crippen molar-refractivity contribution in [1.82, 2.24) is 9.55 Å². The molecule has 0 atom stereocenters. The maximum atomic E-state index is 4.19. The zero-order valence-electron chi connectivity index (χ0n) is 11.8. The number of hydrogen-bond acceptors (Lipinski definition) is 2. The third-order valence-electron chi connectivity index (χ3n) is 3.39. The van der Waals surface area contributed by atoms with Gasteiger partial charge in [-0.1, -0.05) is 19.2 Å². The molecule has 3 heteroatoms. The third-order valence-corrected chi connectivity index (χ3v) is 3.39. The number of hydrogen-bond donors (Lipinski definition) is 0. The third kappa shape index (κ3) is 3.12. The van der Waals surface area contributed by atoms with Gasteiger partial charge in [0.15, 0.2) is 0 Å². The Labute approximate surface area is 120 Å². The van der Waals surface area contributed by atoms with Crippen molar-refractivity contribution in [2.24, 2.45) is 12.0 Å². The fraction of sp³-hybridized carbons (Fsp3) is 0.176. The predicted molar refractivity (Wildman–Crippen MR) is 84.9 cm³/mol. The summed E-state index contributed by atoms with van der Waals surface area (Å²) in [6.45, 7) is 7.43. The number of rotatable bonds is 6. The molecule has 0 N–H and O–H groups in total. The lowest BCUT2D eigenvalue weighted by Crippen LogP contribution is -2.03. The molecule has 0 fully saturated rings. The molecular formula is C17H19N3. The summed E-state index contributed by atoms with van der Waals surface area (Å²) >= 11 is 0. The Morgan fingerprint density at radius 1 is 1.25 bits per heavy atom. The molecule has 2 rings (SSSR count). The monoisotopic (exact) mass is 265 g/mol. The SMILES string of the molecule is C=CN=Cc1ccc(CCc2cnccc2C=C)n1C. The summed E-state index contributed by atoms with van der Waals surface area (Å²) in [5, 5.41) is 0. The van der Waals surface area contributed by atoms with Gasteiger partial charge < -0.3 is 4.57 Å². The molecule has 20 heavy (non-hydrogen) atoms. The Morgan fingerprint density at radius 2 is 2.10 bits per heavy atom. The normalized spacial score (nSPS) is 10.8. The molecular weight excluding hydrogens is 246 g/mol. The average molecular weight is 265 g/mol. The van der Waals surface area contributed by atoms with E-state index in [0.717, 1.165) is 24.1 Å². The quantitative estimate of drug-likeness (QED) is 0.736. The standard InChI is InChI=1S/C17H19N3/c1-4-14-10-11-19-12-15(14)6-7-16-8-9-17(20(16)3)13-18-5-2/h4-5,8-13H,1-2,6-7H2,3H3. The van der Waals surface area contributed by atoms with Crippen LogP contribution in [0.25, 0.3) is 6.08 Å². The molecule has 102 valence electrons. The highest BCUT2D eigenvalue weighted by Gasteiger charge is 2.05. The Bertz CT molecular complexity index is 635. The second kappa shape index (κ2) is 6.66. The molecule has 0 aliphatic heterocycles. The van der Waals surface area contributed by atoms with Crippen LogP contribution < -0.4 is 0 Å². The van der Waals surface area contributed by atoms with E-state index in [0.29, 0.717) is 0 Å². The zero-order valence-corrected chi connectivity index (χ0v) is 11.8. The molecule has 0 unspecified atom stereocenters. The van der Waals surface area contributed by atoms with E-state index in [2.05, 4.69) is 46.9 Å². The Kier molecular flexibility index (Phi) is 4.66. The van der Waals surface area contributed by atoms with Crippen LogP contribution >= 0.6 is 0 Å². The second-order valence-corrected chi connectivity index (χ2v) is 4.55. The number of aryl methyl sites for hydroxylation is 2. The van der Waals surface area contributed by atoms with E-state index in [4.69, 9.17) is 0 Å². The van der Waals surface area contributed by atoms with Crippen LogP contribution in [0, 0.1) is 0 Å². The highest BCUT2D eigenvalue weighted by Crippen LogP contribution is 2.13. The average Bonchev–Trinajstić information content (AvgIpc) is 2.83. The number of nitrogens with zero attached hydrogens (tertiary/aromatic N) is 3. The molecule has 0 aliphatic carbocycles. The Hall–Kier alpha value is -2.42. The molecule has 0 amide bonds. The van der Waals surface area contributed by atoms with Crippen LogP contribution in [0.5, 0.6) is 0 Å². The topological polar surface area (TPSA) is 30.2 Å². The van der Waals surface area contributed by atoms with Gasteiger partial charge in [-0.25, -0.2) is 0 Å². The summed E-state index contributed by atoms with van der Waals surface area (Å²) < 4.78 is 2.15. The van der Waals surface area contributed by atoms with Gasteiger partial charge in [0.1, 0.15) is 0 Å². The lowest BCUT2D eigenvalue weighted by molar-refractivity contribution is 0.794. The number of pyridine rings is 1. The fourth-order valence-electron chi connectivity index (χ4n) is 2.19. The van der Waals surface area contributed by atoms with Gasteiger partial charge in [0.2, 0.25) is 0 Å². The molecule has 0 aromatic carbocycles. The van der Waals surface area contributed by atoms with Gasteiger partial charge >= 0.3 is 0 Å². The van der Waals surface area contributed by atoms with Crippen LogP contribution in [0.1, 0.15) is 22.5 Å². The van der Waals surface area contributed by atoms with Crippen molar-refractivity contribution in [1.29, 1.82) is 0 Å². The van der Waals surface area contributed by atoms with Crippen molar-refractivity contribution in [2.45, 2.75) is 12.8 Å². The summed E-state index contributed by atoms with van der Waals surface area (Å²) in [5.41, 5.74) is 4.73. The first-order valence-corrected chi connectivity index (χ1v) is 6.60. The van der Waals surface area contributed by atoms with E-state index in [9.17, 15) is 0 Å². The van der Waals surface area contributed by atoms with Crippen molar-refractivity contribution >= 4 is 12.3 Å². The van der Waals surface area contributed by atoms with E-state index in [1.54, 1.807) is 12.4 Å². The molecule has 0 bridgehead atoms. The minimum Gasteiger partial charge on any atom is -0.347 e. The summed E-state index contributed by atoms with van der Waals surface area (Å²) in [4.78, 5) is 8.24. The molecule has 0 saturated heterocycles. The summed E-state index contributed by atoms with van der Waals surface area (Å²) in [5.74, 6) is 0. The Balaban J connectivity index is 2.11. The van der Waals surface area contributed by atoms with E-state index in [-0.39, 0.29) is 0 Å². The molecule has 2 aromatic rings. The first kappa shape index (κ1) is 14.0. The van der Waals surface area contributed by atoms with E-state index >= 15 is 0 Å². The van der Waals surface area contributed by atoms with Gasteiger partial charge in [-0.3, -0.25) is 9.98 Å². The van der Waals surface area contributed by atoms with Crippen LogP contribution in [-0.4, -0.2) is 15.8 Å². The van der Waals surface area contributed by atoms with Crippen molar-refractivity contribution in [3.63, 3.8) is 0 Å². The number of aliphatic imine (C=N–C) groups is 1. The van der Waals surface area contributed by atoms with Crippen LogP contribution in [0.4, 0.5) is 0 Å². The van der Waals surface area contributed by atoms with Gasteiger partial charge in [-0.2, -0.15) is 0 Å². The largest absolute Gasteiger partial charge is 0.347 e. The number of aromatic nitrogens is 2. The van der Waals surface area contributed by atoms with Crippen molar-refractivity contribution < 1.29 is 0 Å². The zero-order chi connectivity index (χ0) is 14.4. The van der Waals surface area contributed by atoms with Crippen LogP contribution in [0.15, 0.2) is 54.9 Å². The predicted octanol–water partition coefficient (Wildman–Crippen LogP) is 3.41. The van der Waals surface area contributed by atoms with Crippen LogP contribution in [-0.2, 0) is 19.9 Å². The lowest BCUT2D eigenvalue weighted by Gasteiger charge is -2.07. The van der Waals surface area contributed by atoms with E-state index in [1.807, 2.05) is 24.6 Å². The van der Waals surface area contributed by atoms with Gasteiger partial charge in [0.25, 0.3) is 0 Å². The molecule has 2 aromatic heterocycles. The fourth-order valence-corrected chi connectivity index (χ4v) is 2.19. The lowest BCUT2D eigenvalue weighted by atomic mass is 10.0. The first-order valence-electron chi connectivity index (χ1n) is 6.60.